The van der Waals surface area contributed by atoms with E-state index in [1.807, 2.05) is 13.8 Å². The van der Waals surface area contributed by atoms with E-state index in [9.17, 15) is 53.4 Å². The van der Waals surface area contributed by atoms with Crippen LogP contribution in [-0.2, 0) is 107 Å². The Morgan fingerprint density at radius 3 is 1.70 bits per heavy atom. The summed E-state index contributed by atoms with van der Waals surface area (Å²) in [6, 6.07) is -3.64. The first-order valence-electron chi connectivity index (χ1n) is 45.6. The third-order valence-electron chi connectivity index (χ3n) is 24.4. The number of carbonyl (C=O) groups is 17. The minimum Gasteiger partial charge on any atom is -0.394 e. The van der Waals surface area contributed by atoms with Crippen LogP contribution in [0.4, 0.5) is 0 Å². The number of thioether (sulfide) groups is 1. The van der Waals surface area contributed by atoms with E-state index >= 15 is 38.4 Å². The number of nitrogens with one attached hydrogen (secondary N) is 15. The van der Waals surface area contributed by atoms with Crippen LogP contribution in [0.15, 0.2) is 91.6 Å². The number of aliphatic hydroxyl groups excluding tert-OH is 2. The number of para-hydroxylation sites is 2. The number of primary amides is 2. The lowest BCUT2D eigenvalue weighted by Crippen LogP contribution is -2.62. The summed E-state index contributed by atoms with van der Waals surface area (Å²) in [7, 11) is 3.89. The lowest BCUT2D eigenvalue weighted by atomic mass is 10.00. The zero-order valence-corrected chi connectivity index (χ0v) is 80.1. The van der Waals surface area contributed by atoms with Crippen LogP contribution in [0, 0.1) is 11.3 Å². The van der Waals surface area contributed by atoms with Gasteiger partial charge in [-0.15, -0.1) is 11.8 Å². The van der Waals surface area contributed by atoms with Gasteiger partial charge >= 0.3 is 0 Å². The molecule has 17 amide bonds. The molecule has 0 bridgehead atoms. The lowest BCUT2D eigenvalue weighted by molar-refractivity contribution is -0.149. The summed E-state index contributed by atoms with van der Waals surface area (Å²) >= 11 is 13.7. The average molecular weight is 1960 g/mol. The molecule has 6 heterocycles. The fourth-order valence-corrected chi connectivity index (χ4v) is 18.2. The Morgan fingerprint density at radius 2 is 1.10 bits per heavy atom. The Morgan fingerprint density at radius 1 is 0.562 bits per heavy atom. The molecule has 0 radical (unpaired) electrons. The highest BCUT2D eigenvalue weighted by Crippen LogP contribution is 2.29. The number of amides is 17. The predicted octanol–water partition coefficient (Wildman–Crippen LogP) is -1.33. The molecular weight excluding hydrogens is 1840 g/mol. The van der Waals surface area contributed by atoms with Gasteiger partial charge in [-0.3, -0.25) is 86.9 Å². The Hall–Kier alpha value is -12.9. The molecule has 23 N–H and O–H groups in total. The van der Waals surface area contributed by atoms with Crippen LogP contribution in [0.3, 0.4) is 0 Å². The second-order valence-electron chi connectivity index (χ2n) is 35.0. The molecule has 3 fully saturated rings. The van der Waals surface area contributed by atoms with Crippen LogP contribution in [0.1, 0.15) is 140 Å². The fraction of sp³-hybridized carbons (Fsp3) is 0.527. The fourth-order valence-electron chi connectivity index (χ4n) is 16.8. The summed E-state index contributed by atoms with van der Waals surface area (Å²) in [6.07, 6.45) is 3.52. The smallest absolute Gasteiger partial charge is 0.246 e. The molecule has 0 aliphatic carbocycles. The number of rotatable bonds is 26. The van der Waals surface area contributed by atoms with E-state index in [1.165, 1.54) is 58.8 Å². The maximum Gasteiger partial charge on any atom is 0.246 e. The molecule has 15 atom stereocenters. The van der Waals surface area contributed by atoms with Gasteiger partial charge in [0.15, 0.2) is 5.96 Å². The van der Waals surface area contributed by atoms with Crippen molar-refractivity contribution in [2.24, 2.45) is 23.1 Å². The second-order valence-corrected chi connectivity index (χ2v) is 36.9. The van der Waals surface area contributed by atoms with E-state index in [2.05, 4.69) is 78.4 Å². The van der Waals surface area contributed by atoms with Crippen molar-refractivity contribution in [1.29, 1.82) is 5.41 Å². The first-order chi connectivity index (χ1) is 65.2. The maximum absolute atomic E-state index is 15.8. The molecule has 3 saturated heterocycles. The Labute approximate surface area is 805 Å². The summed E-state index contributed by atoms with van der Waals surface area (Å²) < 4.78 is 0. The number of nitrogens with zero attached hydrogens (tertiary/aromatic N) is 6. The number of unbranched alkanes of at least 4 members (excludes halogenated alkanes) is 2. The Balaban J connectivity index is 1.11. The normalized spacial score (nSPS) is 24.6. The second kappa shape index (κ2) is 51.3. The maximum atomic E-state index is 15.8. The molecule has 43 nitrogen and oxygen atoms in total. The summed E-state index contributed by atoms with van der Waals surface area (Å²) in [6.45, 7) is 5.98. The van der Waals surface area contributed by atoms with Crippen LogP contribution in [0.5, 0.6) is 0 Å². The van der Waals surface area contributed by atoms with Crippen LogP contribution >= 0.6 is 35.0 Å². The van der Waals surface area contributed by atoms with Crippen LogP contribution in [0.25, 0.3) is 21.8 Å². The molecular formula is C91H126Cl2N24O19S. The first kappa shape index (κ1) is 108. The number of benzene rings is 3. The highest BCUT2D eigenvalue weighted by molar-refractivity contribution is 8.00. The molecule has 6 aromatic rings. The van der Waals surface area contributed by atoms with Crippen LogP contribution in [0.2, 0.25) is 10.0 Å². The molecule has 3 unspecified atom stereocenters. The van der Waals surface area contributed by atoms with Crippen molar-refractivity contribution in [2.45, 2.75) is 234 Å². The minimum atomic E-state index is -1.90. The number of carbonyl (C=O) groups excluding carboxylic acids is 17. The van der Waals surface area contributed by atoms with E-state index in [0.29, 0.717) is 64.3 Å². The lowest BCUT2D eigenvalue weighted by Gasteiger charge is -2.36. The van der Waals surface area contributed by atoms with Crippen LogP contribution < -0.4 is 75.7 Å². The zero-order valence-electron chi connectivity index (χ0n) is 77.8. The summed E-state index contributed by atoms with van der Waals surface area (Å²) in [5, 5.41) is 61.2. The molecule has 0 saturated carbocycles. The number of aliphatic hydroxyl groups is 2. The number of guanidine groups is 1. The number of hydrogen-bond donors (Lipinski definition) is 20. The predicted molar refractivity (Wildman–Crippen MR) is 508 cm³/mol. The van der Waals surface area contributed by atoms with Gasteiger partial charge in [0.2, 0.25) is 100 Å². The van der Waals surface area contributed by atoms with E-state index in [4.69, 9.17) is 45.8 Å². The molecule has 0 spiro atoms. The van der Waals surface area contributed by atoms with Gasteiger partial charge in [0.1, 0.15) is 84.6 Å². The van der Waals surface area contributed by atoms with Gasteiger partial charge in [0.25, 0.3) is 0 Å². The van der Waals surface area contributed by atoms with Crippen molar-refractivity contribution in [3.05, 3.63) is 124 Å². The number of hydrogen-bond acceptors (Lipinski definition) is 22. The molecule has 46 heteroatoms. The average Bonchev–Trinajstić information content (AvgIpc) is 1.74. The number of H-pyrrole nitrogens is 3. The van der Waals surface area contributed by atoms with Crippen molar-refractivity contribution in [2.75, 3.05) is 65.4 Å². The largest absolute Gasteiger partial charge is 0.394 e. The highest BCUT2D eigenvalue weighted by Gasteiger charge is 2.47. The summed E-state index contributed by atoms with van der Waals surface area (Å²) in [4.78, 5) is 270. The van der Waals surface area contributed by atoms with E-state index in [-0.39, 0.29) is 105 Å². The van der Waals surface area contributed by atoms with Gasteiger partial charge in [-0.05, 0) is 98.7 Å². The Kier molecular flexibility index (Phi) is 40.3. The van der Waals surface area contributed by atoms with Gasteiger partial charge in [-0.2, -0.15) is 0 Å². The van der Waals surface area contributed by atoms with Crippen molar-refractivity contribution in [3.8, 4) is 0 Å². The number of likely N-dealkylation sites (N-methyl/N-ethyl adjacent to an activating group) is 3. The monoisotopic (exact) mass is 1960 g/mol. The van der Waals surface area contributed by atoms with E-state index in [0.717, 1.165) is 36.3 Å². The van der Waals surface area contributed by atoms with Gasteiger partial charge in [-0.25, -0.2) is 4.98 Å². The summed E-state index contributed by atoms with van der Waals surface area (Å²) in [5.74, 6) is -18.0. The van der Waals surface area contributed by atoms with Gasteiger partial charge in [0, 0.05) is 135 Å². The van der Waals surface area contributed by atoms with Crippen molar-refractivity contribution < 1.29 is 91.7 Å². The van der Waals surface area contributed by atoms with Crippen molar-refractivity contribution >= 4 is 163 Å². The molecule has 3 aliphatic rings. The zero-order chi connectivity index (χ0) is 100. The molecule has 3 aliphatic heterocycles. The molecule has 3 aromatic heterocycles. The molecule has 744 valence electrons. The number of aromatic amines is 3. The van der Waals surface area contributed by atoms with E-state index < -0.39 is 241 Å². The van der Waals surface area contributed by atoms with Crippen molar-refractivity contribution in [1.82, 2.24) is 103 Å². The topological polar surface area (TPSA) is 641 Å². The van der Waals surface area contributed by atoms with Gasteiger partial charge in [-0.1, -0.05) is 119 Å². The quantitative estimate of drug-likeness (QED) is 0.0170. The molecule has 3 aromatic carbocycles. The SMILES string of the molecule is CCCC[C@H]1C(=O)N(C)[C@@H](CCCC)C(=O)N[C@@H](CCCNC(=N)N)C(=O)N[C@H](C(=O)NCC(N)=O)CSCC(=O)N[C@@H](Cc2ccc(Cl)cc2Cl)C(=O)N(C)[C@@H](C)C(=O)NC(CC(N)=O)C(=O)N2CCC[C@H]2C(=O)N[C@@H](Cc2cnc[nH]2)C(=O)N[C@@H](CC(C)C)C(=O)N2C[C@H](O)CC2C(=O)N[C@@H](Cc2c[nH]c3ccccc23)C(=O)N[C@@H](CO)C(=O)NC(Cc2c[nH]c3ccccc23)C(=O)N1C. The first-order valence-corrected chi connectivity index (χ1v) is 47.6. The van der Waals surface area contributed by atoms with Gasteiger partial charge in [0.05, 0.1) is 37.8 Å². The Bertz CT molecular complexity index is 5330. The number of halogens is 2. The number of fused-ring (bicyclic) bond motifs is 4. The number of imidazole rings is 1. The molecule has 137 heavy (non-hydrogen) atoms. The minimum absolute atomic E-state index is 0.0147. The van der Waals surface area contributed by atoms with E-state index in [1.54, 1.807) is 74.8 Å². The summed E-state index contributed by atoms with van der Waals surface area (Å²) in [5.41, 5.74) is 19.7. The third-order valence-corrected chi connectivity index (χ3v) is 26.0. The standard InChI is InChI=1S/C91H126Cl2N24O19S/c1-9-11-24-70-83(129)105-61(23-17-29-99-91(96)97)79(125)112-69(78(124)102-42-75(95)121)45-137-46-76(122)104-65(32-50-27-28-53(92)35-58(50)93)86(132)113(6)49(5)77(123)108-67(38-74(94)120)88(134)116-30-18-26-71(116)84(130)107-63(36-54-41-98-47-103-54)81(127)109-64(31-48(3)4)89(135)117-43-55(119)37-73(117)85(131)106-62(33-51-39-100-59-21-15-13-19-56(51)59)80(126)111-68(44-118)82(128)110-66(34-52-40-101-60-22-16-14-20-57(52)60)87(133)115(8)72(25-12-10-2)90(136)114(70)7/h13-16,19-22,27-28,35,39-41,47-49,55,61-73,100-101,118-119H,9-12,17-18,23-26,29-34,36-38,42-46H2,1-8H3,(H2,94,120)(H2,95,121)(H,98,103)(H,102,124)(H,104,122)(H,105,129)(H,106,131)(H,107,130)(H,108,123)(H,109,127)(H,110,128)(H,111,126)(H,112,125)(H4,96,97,99)/t49-,55+,61-,62-,63-,64-,65-,66?,67?,68-,69-,70-,71-,72-,73?/m0/s1. The van der Waals surface area contributed by atoms with Crippen LogP contribution in [-0.4, -0.2) is 317 Å². The third kappa shape index (κ3) is 30.0. The van der Waals surface area contributed by atoms with Crippen molar-refractivity contribution in [3.63, 3.8) is 0 Å². The number of nitrogens with two attached hydrogens (primary N) is 3. The number of aromatic nitrogens is 4. The molecule has 9 rings (SSSR count). The van der Waals surface area contributed by atoms with Gasteiger partial charge < -0.3 is 125 Å². The highest BCUT2D eigenvalue weighted by atomic mass is 35.5.